The van der Waals surface area contributed by atoms with Crippen molar-refractivity contribution in [2.75, 3.05) is 4.72 Å². The van der Waals surface area contributed by atoms with Gasteiger partial charge in [-0.05, 0) is 36.8 Å². The lowest BCUT2D eigenvalue weighted by Gasteiger charge is -2.27. The summed E-state index contributed by atoms with van der Waals surface area (Å²) in [5.41, 5.74) is -1.96. The molecule has 0 spiro atoms. The monoisotopic (exact) mass is 481 g/mol. The molecule has 1 fully saturated rings. The van der Waals surface area contributed by atoms with E-state index >= 15 is 0 Å². The average molecular weight is 481 g/mol. The maximum Gasteiger partial charge on any atom is 0.417 e. The van der Waals surface area contributed by atoms with Crippen LogP contribution >= 0.6 is 0 Å². The maximum atomic E-state index is 13.2. The lowest BCUT2D eigenvalue weighted by atomic mass is 10.0. The van der Waals surface area contributed by atoms with Crippen molar-refractivity contribution < 1.29 is 40.8 Å². The predicted octanol–water partition coefficient (Wildman–Crippen LogP) is 1.91. The zero-order valence-corrected chi connectivity index (χ0v) is 17.3. The molecule has 1 unspecified atom stereocenters. The van der Waals surface area contributed by atoms with E-state index in [1.807, 2.05) is 10.0 Å². The first-order valence-electron chi connectivity index (χ1n) is 9.45. The fourth-order valence-corrected chi connectivity index (χ4v) is 4.96. The number of fused-ring (bicyclic) bond motifs is 1. The van der Waals surface area contributed by atoms with Gasteiger partial charge in [-0.1, -0.05) is 12.1 Å². The Morgan fingerprint density at radius 3 is 2.30 bits per heavy atom. The highest BCUT2D eigenvalue weighted by Crippen LogP contribution is 2.35. The summed E-state index contributed by atoms with van der Waals surface area (Å²) in [6.45, 7) is 0. The molecule has 0 bridgehead atoms. The molecule has 0 radical (unpaired) electrons. The largest absolute Gasteiger partial charge is 0.417 e. The second kappa shape index (κ2) is 7.69. The second-order valence-corrected chi connectivity index (χ2v) is 8.96. The number of carbonyl (C=O) groups is 4. The summed E-state index contributed by atoms with van der Waals surface area (Å²) < 4.78 is 67.0. The third-order valence-electron chi connectivity index (χ3n) is 5.17. The van der Waals surface area contributed by atoms with E-state index in [4.69, 9.17) is 0 Å². The maximum absolute atomic E-state index is 13.2. The van der Waals surface area contributed by atoms with E-state index in [1.165, 1.54) is 0 Å². The summed E-state index contributed by atoms with van der Waals surface area (Å²) >= 11 is 0. The highest BCUT2D eigenvalue weighted by Gasteiger charge is 2.45. The molecule has 0 aliphatic carbocycles. The summed E-state index contributed by atoms with van der Waals surface area (Å²) in [5.74, 6) is -3.04. The topological polar surface area (TPSA) is 130 Å². The molecule has 2 N–H and O–H groups in total. The van der Waals surface area contributed by atoms with Gasteiger partial charge in [0.1, 0.15) is 6.04 Å². The Kier molecular flexibility index (Phi) is 5.23. The molecule has 4 amide bonds. The molecule has 172 valence electrons. The highest BCUT2D eigenvalue weighted by atomic mass is 32.2. The lowest BCUT2D eigenvalue weighted by Crippen LogP contribution is -2.54. The Labute approximate surface area is 184 Å². The van der Waals surface area contributed by atoms with Gasteiger partial charge in [0.25, 0.3) is 21.8 Å². The number of nitrogens with one attached hydrogen (secondary N) is 2. The fourth-order valence-electron chi connectivity index (χ4n) is 3.68. The lowest BCUT2D eigenvalue weighted by molar-refractivity contribution is -0.140. The summed E-state index contributed by atoms with van der Waals surface area (Å²) in [4.78, 5) is 48.6. The molecule has 13 heteroatoms. The number of hydrogen-bond acceptors (Lipinski definition) is 6. The molecular formula is C20H14F3N3O6S. The van der Waals surface area contributed by atoms with E-state index in [-0.39, 0.29) is 29.7 Å². The average Bonchev–Trinajstić information content (AvgIpc) is 2.97. The van der Waals surface area contributed by atoms with Crippen molar-refractivity contribution in [3.63, 3.8) is 0 Å². The molecule has 33 heavy (non-hydrogen) atoms. The van der Waals surface area contributed by atoms with Crippen LogP contribution in [-0.2, 0) is 25.8 Å². The number of rotatable bonds is 4. The second-order valence-electron chi connectivity index (χ2n) is 7.31. The summed E-state index contributed by atoms with van der Waals surface area (Å²) in [5, 5.41) is 2.04. The van der Waals surface area contributed by atoms with E-state index in [9.17, 15) is 40.8 Å². The smallest absolute Gasteiger partial charge is 0.295 e. The molecule has 0 saturated carbocycles. The first kappa shape index (κ1) is 22.5. The van der Waals surface area contributed by atoms with Gasteiger partial charge in [-0.25, -0.2) is 8.42 Å². The number of sulfonamides is 1. The zero-order valence-electron chi connectivity index (χ0n) is 16.5. The normalized spacial score (nSPS) is 18.9. The van der Waals surface area contributed by atoms with E-state index in [2.05, 4.69) is 0 Å². The number of piperidine rings is 1. The molecule has 2 aromatic rings. The third kappa shape index (κ3) is 3.95. The summed E-state index contributed by atoms with van der Waals surface area (Å²) in [7, 11) is -4.71. The van der Waals surface area contributed by atoms with E-state index < -0.39 is 56.3 Å². The Morgan fingerprint density at radius 1 is 0.970 bits per heavy atom. The van der Waals surface area contributed by atoms with Crippen molar-refractivity contribution in [2.24, 2.45) is 0 Å². The molecule has 2 aromatic carbocycles. The quantitative estimate of drug-likeness (QED) is 0.642. The van der Waals surface area contributed by atoms with Crippen molar-refractivity contribution in [2.45, 2.75) is 30.0 Å². The molecular weight excluding hydrogens is 467 g/mol. The van der Waals surface area contributed by atoms with Gasteiger partial charge in [0.2, 0.25) is 11.8 Å². The number of nitrogens with zero attached hydrogens (tertiary/aromatic N) is 1. The number of imide groups is 2. The van der Waals surface area contributed by atoms with Crippen LogP contribution in [0.4, 0.5) is 18.9 Å². The highest BCUT2D eigenvalue weighted by molar-refractivity contribution is 7.92. The van der Waals surface area contributed by atoms with Crippen molar-refractivity contribution in [3.8, 4) is 0 Å². The van der Waals surface area contributed by atoms with Crippen molar-refractivity contribution in [1.29, 1.82) is 0 Å². The minimum absolute atomic E-state index is 0.0656. The van der Waals surface area contributed by atoms with Crippen LogP contribution in [0.3, 0.4) is 0 Å². The number of alkyl halides is 3. The standard InChI is InChI=1S/C20H14F3N3O6S/c21-20(22,23)13-3-1-2-4-15(13)33(31,32)25-10-5-6-11-12(9-10)19(30)26(18(11)29)14-7-8-16(27)24-17(14)28/h1-6,9,14,25H,7-8H2,(H,24,27,28). The van der Waals surface area contributed by atoms with Crippen molar-refractivity contribution >= 4 is 39.3 Å². The van der Waals surface area contributed by atoms with Crippen LogP contribution in [0.1, 0.15) is 39.1 Å². The Morgan fingerprint density at radius 2 is 1.64 bits per heavy atom. The Hall–Kier alpha value is -3.74. The molecule has 2 heterocycles. The number of carbonyl (C=O) groups excluding carboxylic acids is 4. The minimum Gasteiger partial charge on any atom is -0.295 e. The van der Waals surface area contributed by atoms with Crippen LogP contribution in [-0.4, -0.2) is 43.0 Å². The van der Waals surface area contributed by atoms with Crippen molar-refractivity contribution in [1.82, 2.24) is 10.2 Å². The van der Waals surface area contributed by atoms with Gasteiger partial charge in [-0.2, -0.15) is 13.2 Å². The SMILES string of the molecule is O=C1CCC(N2C(=O)c3ccc(NS(=O)(=O)c4ccccc4C(F)(F)F)cc3C2=O)C(=O)N1. The first-order valence-corrected chi connectivity index (χ1v) is 10.9. The number of halogens is 3. The molecule has 0 aromatic heterocycles. The van der Waals surface area contributed by atoms with Crippen LogP contribution in [0.2, 0.25) is 0 Å². The molecule has 1 saturated heterocycles. The third-order valence-corrected chi connectivity index (χ3v) is 6.61. The van der Waals surface area contributed by atoms with Gasteiger partial charge >= 0.3 is 6.18 Å². The first-order chi connectivity index (χ1) is 15.4. The number of amides is 4. The number of anilines is 1. The molecule has 2 aliphatic rings. The van der Waals surface area contributed by atoms with Crippen LogP contribution < -0.4 is 10.0 Å². The summed E-state index contributed by atoms with van der Waals surface area (Å²) in [6, 6.07) is 5.64. The van der Waals surface area contributed by atoms with Crippen LogP contribution in [0.5, 0.6) is 0 Å². The molecule has 2 aliphatic heterocycles. The minimum atomic E-state index is -4.92. The zero-order chi connectivity index (χ0) is 24.1. The van der Waals surface area contributed by atoms with Crippen molar-refractivity contribution in [3.05, 3.63) is 59.2 Å². The van der Waals surface area contributed by atoms with Crippen LogP contribution in [0.25, 0.3) is 0 Å². The van der Waals surface area contributed by atoms with Crippen LogP contribution in [0, 0.1) is 0 Å². The van der Waals surface area contributed by atoms with Gasteiger partial charge < -0.3 is 0 Å². The van der Waals surface area contributed by atoms with Crippen LogP contribution in [0.15, 0.2) is 47.4 Å². The number of benzene rings is 2. The van der Waals surface area contributed by atoms with E-state index in [0.29, 0.717) is 11.0 Å². The van der Waals surface area contributed by atoms with E-state index in [0.717, 1.165) is 36.4 Å². The van der Waals surface area contributed by atoms with Gasteiger partial charge in [0.05, 0.1) is 21.6 Å². The van der Waals surface area contributed by atoms with E-state index in [1.54, 1.807) is 0 Å². The molecule has 4 rings (SSSR count). The Balaban J connectivity index is 1.65. The fraction of sp³-hybridized carbons (Fsp3) is 0.200. The summed E-state index contributed by atoms with van der Waals surface area (Å²) in [6.07, 6.45) is -5.06. The number of hydrogen-bond donors (Lipinski definition) is 2. The Bertz CT molecular complexity index is 1320. The predicted molar refractivity (Wildman–Crippen MR) is 105 cm³/mol. The van der Waals surface area contributed by atoms with Gasteiger partial charge in [-0.3, -0.25) is 34.1 Å². The van der Waals surface area contributed by atoms with Gasteiger partial charge in [-0.15, -0.1) is 0 Å². The molecule has 9 nitrogen and oxygen atoms in total. The molecule has 1 atom stereocenters. The van der Waals surface area contributed by atoms with Gasteiger partial charge in [0.15, 0.2) is 0 Å². The van der Waals surface area contributed by atoms with Gasteiger partial charge in [0, 0.05) is 12.1 Å².